The normalized spacial score (nSPS) is 24.4. The van der Waals surface area contributed by atoms with E-state index in [4.69, 9.17) is 5.73 Å². The largest absolute Gasteiger partial charge is 0.372 e. The minimum Gasteiger partial charge on any atom is -0.372 e. The summed E-state index contributed by atoms with van der Waals surface area (Å²) in [5.41, 5.74) is 5.77. The molecule has 0 radical (unpaired) electrons. The van der Waals surface area contributed by atoms with E-state index in [1.807, 2.05) is 6.92 Å². The molecule has 3 unspecified atom stereocenters. The van der Waals surface area contributed by atoms with Gasteiger partial charge in [-0.1, -0.05) is 6.92 Å². The maximum Gasteiger partial charge on any atom is 0.150 e. The fraction of sp³-hybridized carbons (Fsp3) is 0.778. The first-order valence-corrected chi connectivity index (χ1v) is 5.32. The van der Waals surface area contributed by atoms with E-state index in [2.05, 4.69) is 22.9 Å². The Kier molecular flexibility index (Phi) is 4.41. The van der Waals surface area contributed by atoms with Gasteiger partial charge in [0.2, 0.25) is 0 Å². The van der Waals surface area contributed by atoms with Gasteiger partial charge in [-0.05, 0) is 6.42 Å². The van der Waals surface area contributed by atoms with Crippen LogP contribution in [-0.2, 0) is 4.79 Å². The fourth-order valence-electron chi connectivity index (χ4n) is 1.41. The van der Waals surface area contributed by atoms with Gasteiger partial charge in [-0.25, -0.2) is 0 Å². The third kappa shape index (κ3) is 3.67. The molecular formula is C9H17N3OS. The second-order valence-electron chi connectivity index (χ2n) is 3.72. The van der Waals surface area contributed by atoms with Gasteiger partial charge < -0.3 is 11.1 Å². The van der Waals surface area contributed by atoms with E-state index >= 15 is 0 Å². The van der Waals surface area contributed by atoms with Gasteiger partial charge in [0, 0.05) is 17.7 Å². The molecule has 5 heteroatoms. The highest BCUT2D eigenvalue weighted by atomic mass is 32.1. The van der Waals surface area contributed by atoms with E-state index in [0.717, 1.165) is 6.54 Å². The number of Topliss-reactive ketones (excluding diaryl/α,β-unsaturated/α-hetero) is 1. The molecule has 1 aliphatic heterocycles. The zero-order valence-corrected chi connectivity index (χ0v) is 9.21. The van der Waals surface area contributed by atoms with E-state index in [9.17, 15) is 4.79 Å². The van der Waals surface area contributed by atoms with Crippen molar-refractivity contribution in [3.63, 3.8) is 0 Å². The molecule has 0 amide bonds. The second-order valence-corrected chi connectivity index (χ2v) is 4.60. The second kappa shape index (κ2) is 5.36. The molecular weight excluding hydrogens is 198 g/mol. The average molecular weight is 215 g/mol. The van der Waals surface area contributed by atoms with Crippen LogP contribution < -0.4 is 11.1 Å². The summed E-state index contributed by atoms with van der Waals surface area (Å²) < 4.78 is 0. The van der Waals surface area contributed by atoms with Crippen LogP contribution in [0, 0.1) is 0 Å². The number of nitrogens with one attached hydrogen (secondary N) is 1. The predicted molar refractivity (Wildman–Crippen MR) is 60.9 cm³/mol. The minimum atomic E-state index is -0.385. The summed E-state index contributed by atoms with van der Waals surface area (Å²) in [5.74, 6) is 0.0844. The van der Waals surface area contributed by atoms with Crippen molar-refractivity contribution in [1.82, 2.24) is 5.32 Å². The van der Waals surface area contributed by atoms with Crippen molar-refractivity contribution in [1.29, 1.82) is 0 Å². The summed E-state index contributed by atoms with van der Waals surface area (Å²) in [6.45, 7) is 2.61. The minimum absolute atomic E-state index is 0.0844. The number of carbonyl (C=O) groups excluding carboxylic acids is 1. The first-order valence-electron chi connectivity index (χ1n) is 4.80. The van der Waals surface area contributed by atoms with Gasteiger partial charge in [0.25, 0.3) is 0 Å². The lowest BCUT2D eigenvalue weighted by Gasteiger charge is -2.16. The number of nitrogens with zero attached hydrogens (tertiary/aromatic N) is 1. The molecule has 0 aromatic heterocycles. The summed E-state index contributed by atoms with van der Waals surface area (Å²) in [5, 5.41) is 3.14. The van der Waals surface area contributed by atoms with Crippen LogP contribution in [0.4, 0.5) is 0 Å². The third-order valence-corrected chi connectivity index (χ3v) is 2.36. The van der Waals surface area contributed by atoms with Crippen molar-refractivity contribution in [3.8, 4) is 0 Å². The fourth-order valence-corrected chi connectivity index (χ4v) is 1.59. The van der Waals surface area contributed by atoms with Gasteiger partial charge >= 0.3 is 0 Å². The number of nitrogens with two attached hydrogens (primary N) is 1. The van der Waals surface area contributed by atoms with Gasteiger partial charge in [-0.15, -0.1) is 0 Å². The van der Waals surface area contributed by atoms with Gasteiger partial charge in [-0.2, -0.15) is 12.6 Å². The van der Waals surface area contributed by atoms with E-state index in [-0.39, 0.29) is 23.1 Å². The number of aliphatic imine (C=N–C) groups is 1. The number of rotatable bonds is 5. The lowest BCUT2D eigenvalue weighted by atomic mass is 10.0. The van der Waals surface area contributed by atoms with Crippen LogP contribution in [0.15, 0.2) is 4.99 Å². The third-order valence-electron chi connectivity index (χ3n) is 2.18. The Morgan fingerprint density at radius 3 is 3.07 bits per heavy atom. The maximum absolute atomic E-state index is 11.5. The van der Waals surface area contributed by atoms with E-state index in [1.54, 1.807) is 6.34 Å². The van der Waals surface area contributed by atoms with Crippen molar-refractivity contribution < 1.29 is 4.79 Å². The zero-order valence-electron chi connectivity index (χ0n) is 8.31. The lowest BCUT2D eigenvalue weighted by Crippen LogP contribution is -2.39. The van der Waals surface area contributed by atoms with E-state index < -0.39 is 0 Å². The quantitative estimate of drug-likeness (QED) is 0.565. The summed E-state index contributed by atoms with van der Waals surface area (Å²) in [4.78, 5) is 15.5. The molecule has 0 bridgehead atoms. The molecule has 0 aliphatic carbocycles. The predicted octanol–water partition coefficient (Wildman–Crippen LogP) is -0.0186. The molecule has 1 aliphatic rings. The molecule has 0 spiro atoms. The highest BCUT2D eigenvalue weighted by Crippen LogP contribution is 2.07. The van der Waals surface area contributed by atoms with Crippen LogP contribution in [0.2, 0.25) is 0 Å². The van der Waals surface area contributed by atoms with Gasteiger partial charge in [-0.3, -0.25) is 9.79 Å². The summed E-state index contributed by atoms with van der Waals surface area (Å²) in [6, 6.07) is -0.159. The maximum atomic E-state index is 11.5. The number of thiol groups is 1. The number of hydrogen-bond donors (Lipinski definition) is 3. The Labute approximate surface area is 89.8 Å². The molecule has 3 N–H and O–H groups in total. The van der Waals surface area contributed by atoms with E-state index in [0.29, 0.717) is 12.8 Å². The summed E-state index contributed by atoms with van der Waals surface area (Å²) >= 11 is 4.16. The van der Waals surface area contributed by atoms with E-state index in [1.165, 1.54) is 0 Å². The van der Waals surface area contributed by atoms with Crippen molar-refractivity contribution in [2.75, 3.05) is 6.54 Å². The van der Waals surface area contributed by atoms with Crippen LogP contribution in [0.3, 0.4) is 0 Å². The topological polar surface area (TPSA) is 67.5 Å². The zero-order chi connectivity index (χ0) is 10.6. The molecule has 1 rings (SSSR count). The summed E-state index contributed by atoms with van der Waals surface area (Å²) in [6.07, 6.45) is 2.76. The molecule has 0 aromatic carbocycles. The molecule has 0 fully saturated rings. The average Bonchev–Trinajstić information content (AvgIpc) is 2.55. The van der Waals surface area contributed by atoms with Crippen molar-refractivity contribution in [2.45, 2.75) is 37.1 Å². The Morgan fingerprint density at radius 1 is 1.86 bits per heavy atom. The van der Waals surface area contributed by atoms with Crippen LogP contribution in [0.5, 0.6) is 0 Å². The Bertz CT molecular complexity index is 222. The van der Waals surface area contributed by atoms with Gasteiger partial charge in [0.15, 0.2) is 5.78 Å². The Balaban J connectivity index is 2.26. The van der Waals surface area contributed by atoms with Crippen molar-refractivity contribution in [3.05, 3.63) is 0 Å². The van der Waals surface area contributed by atoms with Gasteiger partial charge in [0.05, 0.1) is 18.9 Å². The highest BCUT2D eigenvalue weighted by Gasteiger charge is 2.20. The molecule has 4 nitrogen and oxygen atoms in total. The molecule has 1 heterocycles. The lowest BCUT2D eigenvalue weighted by molar-refractivity contribution is -0.120. The molecule has 14 heavy (non-hydrogen) atoms. The first-order chi connectivity index (χ1) is 6.59. The SMILES string of the molecule is CC(S)CC(=O)C(N)CC1CN=CN1. The molecule has 3 atom stereocenters. The molecule has 0 saturated carbocycles. The summed E-state index contributed by atoms with van der Waals surface area (Å²) in [7, 11) is 0. The van der Waals surface area contributed by atoms with Gasteiger partial charge in [0.1, 0.15) is 0 Å². The van der Waals surface area contributed by atoms with Crippen molar-refractivity contribution in [2.24, 2.45) is 10.7 Å². The Hall–Kier alpha value is -0.550. The Morgan fingerprint density at radius 2 is 2.57 bits per heavy atom. The molecule has 0 saturated heterocycles. The monoisotopic (exact) mass is 215 g/mol. The smallest absolute Gasteiger partial charge is 0.150 e. The van der Waals surface area contributed by atoms with Crippen LogP contribution in [-0.4, -0.2) is 36.0 Å². The number of hydrogen-bond acceptors (Lipinski definition) is 5. The first kappa shape index (κ1) is 11.5. The highest BCUT2D eigenvalue weighted by molar-refractivity contribution is 7.80. The van der Waals surface area contributed by atoms with Crippen LogP contribution in [0.25, 0.3) is 0 Å². The standard InChI is InChI=1S/C9H17N3OS/c1-6(14)2-9(13)8(10)3-7-4-11-5-12-7/h5-8,14H,2-4,10H2,1H3,(H,11,12). The van der Waals surface area contributed by atoms with Crippen LogP contribution in [0.1, 0.15) is 19.8 Å². The number of ketones is 1. The van der Waals surface area contributed by atoms with Crippen molar-refractivity contribution >= 4 is 24.8 Å². The molecule has 80 valence electrons. The number of carbonyl (C=O) groups is 1. The van der Waals surface area contributed by atoms with Crippen LogP contribution >= 0.6 is 12.6 Å². The molecule has 0 aromatic rings.